The van der Waals surface area contributed by atoms with Crippen molar-refractivity contribution >= 4 is 11.9 Å². The number of piperidine rings is 1. The van der Waals surface area contributed by atoms with Crippen LogP contribution in [0.1, 0.15) is 19.3 Å². The Labute approximate surface area is 123 Å². The van der Waals surface area contributed by atoms with Gasteiger partial charge in [0.1, 0.15) is 6.33 Å². The summed E-state index contributed by atoms with van der Waals surface area (Å²) in [4.78, 5) is 19.0. The maximum Gasteiger partial charge on any atom is 0.241 e. The number of imidazole rings is 1. The number of aromatic nitrogens is 5. The fourth-order valence-corrected chi connectivity index (χ4v) is 2.56. The van der Waals surface area contributed by atoms with Gasteiger partial charge in [-0.05, 0) is 26.4 Å². The summed E-state index contributed by atoms with van der Waals surface area (Å²) in [5, 5.41) is 3.27. The summed E-state index contributed by atoms with van der Waals surface area (Å²) in [7, 11) is 2.16. The van der Waals surface area contributed by atoms with E-state index in [9.17, 15) is 0 Å². The van der Waals surface area contributed by atoms with Gasteiger partial charge in [0, 0.05) is 25.0 Å². The minimum Gasteiger partial charge on any atom is -0.368 e. The molecule has 8 nitrogen and oxygen atoms in total. The largest absolute Gasteiger partial charge is 0.368 e. The summed E-state index contributed by atoms with van der Waals surface area (Å²) in [5.41, 5.74) is 5.76. The number of nitrogen functional groups attached to an aromatic ring is 1. The molecular formula is C13H20N8. The molecule has 3 N–H and O–H groups in total. The zero-order valence-corrected chi connectivity index (χ0v) is 12.1. The van der Waals surface area contributed by atoms with E-state index in [1.807, 2.05) is 0 Å². The zero-order valence-electron chi connectivity index (χ0n) is 12.1. The van der Waals surface area contributed by atoms with Gasteiger partial charge in [-0.15, -0.1) is 0 Å². The molecule has 1 aliphatic rings. The standard InChI is InChI=1S/C13H20N8/c1-20-6-3-2-4-10(20)8-16-12-17-11(14)18-13(19-12)21-7-5-15-9-21/h5,7,9-10H,2-4,6,8H2,1H3,(H3,14,16,17,18,19). The topological polar surface area (TPSA) is 97.8 Å². The van der Waals surface area contributed by atoms with Crippen LogP contribution in [-0.2, 0) is 0 Å². The fraction of sp³-hybridized carbons (Fsp3) is 0.538. The Morgan fingerprint density at radius 1 is 1.33 bits per heavy atom. The Balaban J connectivity index is 1.70. The lowest BCUT2D eigenvalue weighted by atomic mass is 10.0. The summed E-state index contributed by atoms with van der Waals surface area (Å²) in [6, 6.07) is 0.508. The smallest absolute Gasteiger partial charge is 0.241 e. The molecule has 0 bridgehead atoms. The lowest BCUT2D eigenvalue weighted by molar-refractivity contribution is 0.194. The Morgan fingerprint density at radius 2 is 2.24 bits per heavy atom. The first-order valence-electron chi connectivity index (χ1n) is 7.16. The van der Waals surface area contributed by atoms with Gasteiger partial charge in [-0.3, -0.25) is 4.57 Å². The summed E-state index contributed by atoms with van der Waals surface area (Å²) in [5.74, 6) is 1.18. The molecule has 1 fully saturated rings. The normalized spacial score (nSPS) is 19.6. The third kappa shape index (κ3) is 3.27. The Bertz CT molecular complexity index is 582. The Morgan fingerprint density at radius 3 is 3.00 bits per heavy atom. The van der Waals surface area contributed by atoms with Crippen LogP contribution in [0.15, 0.2) is 18.7 Å². The molecule has 1 atom stereocenters. The summed E-state index contributed by atoms with van der Waals surface area (Å²) in [6.45, 7) is 1.95. The highest BCUT2D eigenvalue weighted by molar-refractivity contribution is 5.35. The average molecular weight is 288 g/mol. The fourth-order valence-electron chi connectivity index (χ4n) is 2.56. The van der Waals surface area contributed by atoms with Gasteiger partial charge in [-0.1, -0.05) is 6.42 Å². The van der Waals surface area contributed by atoms with Crippen LogP contribution in [-0.4, -0.2) is 55.6 Å². The minimum absolute atomic E-state index is 0.202. The van der Waals surface area contributed by atoms with Crippen molar-refractivity contribution < 1.29 is 0 Å². The molecule has 0 saturated carbocycles. The first-order valence-corrected chi connectivity index (χ1v) is 7.16. The van der Waals surface area contributed by atoms with Gasteiger partial charge in [-0.25, -0.2) is 4.98 Å². The van der Waals surface area contributed by atoms with Crippen LogP contribution >= 0.6 is 0 Å². The number of nitrogens with two attached hydrogens (primary N) is 1. The zero-order chi connectivity index (χ0) is 14.7. The molecule has 112 valence electrons. The van der Waals surface area contributed by atoms with E-state index < -0.39 is 0 Å². The van der Waals surface area contributed by atoms with Gasteiger partial charge >= 0.3 is 0 Å². The molecule has 8 heteroatoms. The molecule has 0 amide bonds. The van der Waals surface area contributed by atoms with E-state index in [0.29, 0.717) is 17.9 Å². The van der Waals surface area contributed by atoms with E-state index in [1.54, 1.807) is 23.3 Å². The Kier molecular flexibility index (Phi) is 3.96. The highest BCUT2D eigenvalue weighted by Gasteiger charge is 2.19. The number of nitrogens with zero attached hydrogens (tertiary/aromatic N) is 6. The van der Waals surface area contributed by atoms with E-state index in [2.05, 4.69) is 37.2 Å². The highest BCUT2D eigenvalue weighted by Crippen LogP contribution is 2.15. The number of rotatable bonds is 4. The summed E-state index contributed by atoms with van der Waals surface area (Å²) in [6.07, 6.45) is 8.82. The summed E-state index contributed by atoms with van der Waals surface area (Å²) < 4.78 is 1.70. The number of hydrogen-bond donors (Lipinski definition) is 2. The van der Waals surface area contributed by atoms with Gasteiger partial charge in [0.2, 0.25) is 17.8 Å². The van der Waals surface area contributed by atoms with Crippen LogP contribution in [0.5, 0.6) is 0 Å². The third-order valence-electron chi connectivity index (χ3n) is 3.79. The van der Waals surface area contributed by atoms with Crippen molar-refractivity contribution in [2.45, 2.75) is 25.3 Å². The lowest BCUT2D eigenvalue weighted by Crippen LogP contribution is -2.41. The molecule has 2 aromatic rings. The third-order valence-corrected chi connectivity index (χ3v) is 3.79. The van der Waals surface area contributed by atoms with Crippen LogP contribution < -0.4 is 11.1 Å². The molecule has 1 saturated heterocycles. The predicted molar refractivity (Wildman–Crippen MR) is 80.1 cm³/mol. The molecule has 0 spiro atoms. The van der Waals surface area contributed by atoms with Crippen molar-refractivity contribution in [2.24, 2.45) is 0 Å². The lowest BCUT2D eigenvalue weighted by Gasteiger charge is -2.32. The number of likely N-dealkylation sites (N-methyl/N-ethyl adjacent to an activating group) is 1. The predicted octanol–water partition coefficient (Wildman–Crippen LogP) is 0.536. The van der Waals surface area contributed by atoms with Crippen LogP contribution in [0, 0.1) is 0 Å². The molecule has 0 aliphatic carbocycles. The molecule has 3 heterocycles. The van der Waals surface area contributed by atoms with Gasteiger partial charge < -0.3 is 16.0 Å². The van der Waals surface area contributed by atoms with Crippen molar-refractivity contribution in [1.29, 1.82) is 0 Å². The van der Waals surface area contributed by atoms with E-state index in [-0.39, 0.29) is 5.95 Å². The van der Waals surface area contributed by atoms with Gasteiger partial charge in [0.15, 0.2) is 0 Å². The van der Waals surface area contributed by atoms with E-state index in [0.717, 1.165) is 13.1 Å². The molecular weight excluding hydrogens is 268 g/mol. The number of hydrogen-bond acceptors (Lipinski definition) is 7. The summed E-state index contributed by atoms with van der Waals surface area (Å²) >= 11 is 0. The highest BCUT2D eigenvalue weighted by atomic mass is 15.3. The van der Waals surface area contributed by atoms with Gasteiger partial charge in [0.25, 0.3) is 0 Å². The molecule has 1 unspecified atom stereocenters. The van der Waals surface area contributed by atoms with Crippen molar-refractivity contribution in [2.75, 3.05) is 31.2 Å². The molecule has 0 radical (unpaired) electrons. The molecule has 1 aliphatic heterocycles. The SMILES string of the molecule is CN1CCCCC1CNc1nc(N)nc(-n2ccnc2)n1. The monoisotopic (exact) mass is 288 g/mol. The number of anilines is 2. The molecule has 3 rings (SSSR count). The average Bonchev–Trinajstić information content (AvgIpc) is 3.00. The van der Waals surface area contributed by atoms with E-state index in [4.69, 9.17) is 5.73 Å². The first-order chi connectivity index (χ1) is 10.2. The van der Waals surface area contributed by atoms with Crippen LogP contribution in [0.3, 0.4) is 0 Å². The second-order valence-electron chi connectivity index (χ2n) is 5.30. The number of likely N-dealkylation sites (tertiary alicyclic amines) is 1. The van der Waals surface area contributed by atoms with Crippen molar-refractivity contribution in [3.05, 3.63) is 18.7 Å². The maximum absolute atomic E-state index is 5.76. The van der Waals surface area contributed by atoms with E-state index in [1.165, 1.54) is 19.3 Å². The molecule has 21 heavy (non-hydrogen) atoms. The van der Waals surface area contributed by atoms with Crippen LogP contribution in [0.4, 0.5) is 11.9 Å². The van der Waals surface area contributed by atoms with Gasteiger partial charge in [-0.2, -0.15) is 15.0 Å². The molecule has 0 aromatic carbocycles. The van der Waals surface area contributed by atoms with Crippen LogP contribution in [0.25, 0.3) is 5.95 Å². The maximum atomic E-state index is 5.76. The van der Waals surface area contributed by atoms with Gasteiger partial charge in [0.05, 0.1) is 0 Å². The van der Waals surface area contributed by atoms with Crippen molar-refractivity contribution in [3.63, 3.8) is 0 Å². The number of nitrogens with one attached hydrogen (secondary N) is 1. The van der Waals surface area contributed by atoms with E-state index >= 15 is 0 Å². The quantitative estimate of drug-likeness (QED) is 0.847. The molecule has 2 aromatic heterocycles. The first kappa shape index (κ1) is 13.7. The Hall–Kier alpha value is -2.22. The van der Waals surface area contributed by atoms with Crippen molar-refractivity contribution in [1.82, 2.24) is 29.4 Å². The second kappa shape index (κ2) is 6.04. The minimum atomic E-state index is 0.202. The van der Waals surface area contributed by atoms with Crippen molar-refractivity contribution in [3.8, 4) is 5.95 Å². The second-order valence-corrected chi connectivity index (χ2v) is 5.30. The van der Waals surface area contributed by atoms with Crippen LogP contribution in [0.2, 0.25) is 0 Å².